The molecule has 26 heavy (non-hydrogen) atoms. The predicted octanol–water partition coefficient (Wildman–Crippen LogP) is 1.90. The van der Waals surface area contributed by atoms with Crippen LogP contribution >= 0.6 is 0 Å². The smallest absolute Gasteiger partial charge is 0.407 e. The molecule has 0 radical (unpaired) electrons. The van der Waals surface area contributed by atoms with E-state index in [0.29, 0.717) is 0 Å². The van der Waals surface area contributed by atoms with Gasteiger partial charge in [0.15, 0.2) is 0 Å². The van der Waals surface area contributed by atoms with E-state index in [1.807, 2.05) is 18.2 Å². The fraction of sp³-hybridized carbons (Fsp3) is 0.529. The molecule has 0 unspecified atom stereocenters. The summed E-state index contributed by atoms with van der Waals surface area (Å²) in [6.07, 6.45) is 0.00704. The van der Waals surface area contributed by atoms with Gasteiger partial charge < -0.3 is 15.2 Å². The summed E-state index contributed by atoms with van der Waals surface area (Å²) < 4.78 is 32.8. The maximum atomic E-state index is 12.1. The van der Waals surface area contributed by atoms with Crippen molar-refractivity contribution >= 4 is 22.2 Å². The number of hydrogen-bond acceptors (Lipinski definition) is 6. The lowest BCUT2D eigenvalue weighted by molar-refractivity contribution is -0.152. The molecule has 0 heterocycles. The lowest BCUT2D eigenvalue weighted by atomic mass is 9.71. The Hall–Kier alpha value is -2.13. The first-order chi connectivity index (χ1) is 12.1. The maximum Gasteiger partial charge on any atom is 0.407 e. The highest BCUT2D eigenvalue weighted by Gasteiger charge is 2.47. The molecule has 0 aromatic heterocycles. The van der Waals surface area contributed by atoms with Crippen molar-refractivity contribution in [2.24, 2.45) is 5.41 Å². The minimum atomic E-state index is -3.67. The third-order valence-corrected chi connectivity index (χ3v) is 5.18. The quantitative estimate of drug-likeness (QED) is 0.718. The first kappa shape index (κ1) is 20.2. The standard InChI is InChI=1S/C17H23NO7S/c1-17(15(19)20)9-8-13(25-26(2,22)23)10-14(17)18-16(21)24-11-12-6-4-3-5-7-12/h3-7,13-14H,8-11H2,1-2H3,(H,18,21)(H,19,20)/t13-,14-,17+/m1/s1. The van der Waals surface area contributed by atoms with E-state index in [1.54, 1.807) is 12.1 Å². The minimum absolute atomic E-state index is 0.0481. The normalized spacial score (nSPS) is 26.1. The summed E-state index contributed by atoms with van der Waals surface area (Å²) in [6, 6.07) is 8.24. The molecule has 0 bridgehead atoms. The molecule has 144 valence electrons. The number of carboxylic acid groups (broad SMARTS) is 1. The second-order valence-electron chi connectivity index (χ2n) is 6.68. The molecule has 1 fully saturated rings. The molecule has 1 aromatic rings. The van der Waals surface area contributed by atoms with Crippen LogP contribution in [0.25, 0.3) is 0 Å². The van der Waals surface area contributed by atoms with E-state index in [1.165, 1.54) is 6.92 Å². The Morgan fingerprint density at radius 3 is 2.54 bits per heavy atom. The number of benzene rings is 1. The fourth-order valence-electron chi connectivity index (χ4n) is 2.99. The van der Waals surface area contributed by atoms with E-state index in [-0.39, 0.29) is 25.9 Å². The van der Waals surface area contributed by atoms with Crippen molar-refractivity contribution in [1.29, 1.82) is 0 Å². The van der Waals surface area contributed by atoms with Crippen LogP contribution in [0.1, 0.15) is 31.7 Å². The number of rotatable bonds is 6. The number of nitrogens with one attached hydrogen (secondary N) is 1. The summed E-state index contributed by atoms with van der Waals surface area (Å²) >= 11 is 0. The predicted molar refractivity (Wildman–Crippen MR) is 92.9 cm³/mol. The number of amides is 1. The average Bonchev–Trinajstić information content (AvgIpc) is 2.55. The highest BCUT2D eigenvalue weighted by molar-refractivity contribution is 7.86. The van der Waals surface area contributed by atoms with E-state index in [2.05, 4.69) is 5.32 Å². The minimum Gasteiger partial charge on any atom is -0.481 e. The SMILES string of the molecule is C[C@]1(C(=O)O)CC[C@@H](OS(C)(=O)=O)C[C@H]1NC(=O)OCc1ccccc1. The van der Waals surface area contributed by atoms with Crippen molar-refractivity contribution in [2.45, 2.75) is 44.9 Å². The highest BCUT2D eigenvalue weighted by atomic mass is 32.2. The first-order valence-corrected chi connectivity index (χ1v) is 10.0. The Balaban J connectivity index is 2.02. The van der Waals surface area contributed by atoms with Crippen molar-refractivity contribution in [3.05, 3.63) is 35.9 Å². The first-order valence-electron chi connectivity index (χ1n) is 8.19. The number of ether oxygens (including phenoxy) is 1. The van der Waals surface area contributed by atoms with Crippen LogP contribution in [0.15, 0.2) is 30.3 Å². The molecule has 3 atom stereocenters. The molecule has 1 amide bonds. The summed E-state index contributed by atoms with van der Waals surface area (Å²) in [6.45, 7) is 1.57. The van der Waals surface area contributed by atoms with Crippen LogP contribution in [-0.4, -0.2) is 44.0 Å². The van der Waals surface area contributed by atoms with E-state index in [9.17, 15) is 23.1 Å². The third-order valence-electron chi connectivity index (χ3n) is 4.56. The zero-order valence-corrected chi connectivity index (χ0v) is 15.5. The van der Waals surface area contributed by atoms with Gasteiger partial charge in [-0.25, -0.2) is 4.79 Å². The summed E-state index contributed by atoms with van der Waals surface area (Å²) in [7, 11) is -3.67. The van der Waals surface area contributed by atoms with Gasteiger partial charge in [-0.3, -0.25) is 8.98 Å². The van der Waals surface area contributed by atoms with Gasteiger partial charge in [0.1, 0.15) is 6.61 Å². The molecule has 2 N–H and O–H groups in total. The number of carbonyl (C=O) groups excluding carboxylic acids is 1. The molecular formula is C17H23NO7S. The van der Waals surface area contributed by atoms with Crippen LogP contribution in [0.3, 0.4) is 0 Å². The van der Waals surface area contributed by atoms with Crippen LogP contribution in [-0.2, 0) is 30.4 Å². The second-order valence-corrected chi connectivity index (χ2v) is 8.28. The second kappa shape index (κ2) is 8.05. The van der Waals surface area contributed by atoms with Crippen LogP contribution < -0.4 is 5.32 Å². The van der Waals surface area contributed by atoms with E-state index < -0.39 is 39.7 Å². The fourth-order valence-corrected chi connectivity index (χ4v) is 3.66. The summed E-state index contributed by atoms with van der Waals surface area (Å²) in [5.74, 6) is -1.07. The number of aliphatic carboxylic acids is 1. The average molecular weight is 385 g/mol. The number of carbonyl (C=O) groups is 2. The molecule has 8 nitrogen and oxygen atoms in total. The zero-order valence-electron chi connectivity index (χ0n) is 14.7. The summed E-state index contributed by atoms with van der Waals surface area (Å²) in [5, 5.41) is 12.1. The van der Waals surface area contributed by atoms with Gasteiger partial charge in [0.2, 0.25) is 0 Å². The Morgan fingerprint density at radius 2 is 1.96 bits per heavy atom. The highest BCUT2D eigenvalue weighted by Crippen LogP contribution is 2.38. The van der Waals surface area contributed by atoms with Gasteiger partial charge in [0, 0.05) is 0 Å². The number of hydrogen-bond donors (Lipinski definition) is 2. The molecule has 2 rings (SSSR count). The van der Waals surface area contributed by atoms with Gasteiger partial charge in [-0.1, -0.05) is 30.3 Å². The molecule has 0 saturated heterocycles. The van der Waals surface area contributed by atoms with Crippen LogP contribution in [0.5, 0.6) is 0 Å². The topological polar surface area (TPSA) is 119 Å². The Labute approximate surface area is 152 Å². The molecule has 0 spiro atoms. The van der Waals surface area contributed by atoms with E-state index in [4.69, 9.17) is 8.92 Å². The van der Waals surface area contributed by atoms with Gasteiger partial charge in [-0.05, 0) is 31.7 Å². The van der Waals surface area contributed by atoms with Crippen molar-refractivity contribution in [1.82, 2.24) is 5.32 Å². The van der Waals surface area contributed by atoms with Crippen LogP contribution in [0.2, 0.25) is 0 Å². The zero-order chi connectivity index (χ0) is 19.4. The molecule has 1 aliphatic rings. The molecule has 1 aliphatic carbocycles. The van der Waals surface area contributed by atoms with Crippen molar-refractivity contribution in [3.8, 4) is 0 Å². The lowest BCUT2D eigenvalue weighted by Gasteiger charge is -2.40. The van der Waals surface area contributed by atoms with Gasteiger partial charge in [-0.2, -0.15) is 8.42 Å². The number of alkyl carbamates (subject to hydrolysis) is 1. The van der Waals surface area contributed by atoms with Crippen molar-refractivity contribution < 1.29 is 32.0 Å². The number of carboxylic acids is 1. The Morgan fingerprint density at radius 1 is 1.31 bits per heavy atom. The van der Waals surface area contributed by atoms with Gasteiger partial charge in [0.25, 0.3) is 10.1 Å². The van der Waals surface area contributed by atoms with E-state index in [0.717, 1.165) is 11.8 Å². The van der Waals surface area contributed by atoms with Crippen molar-refractivity contribution in [3.63, 3.8) is 0 Å². The molecule has 1 aromatic carbocycles. The van der Waals surface area contributed by atoms with Crippen molar-refractivity contribution in [2.75, 3.05) is 6.26 Å². The van der Waals surface area contributed by atoms with Gasteiger partial charge >= 0.3 is 12.1 Å². The largest absolute Gasteiger partial charge is 0.481 e. The monoisotopic (exact) mass is 385 g/mol. The Bertz CT molecular complexity index is 750. The third kappa shape index (κ3) is 5.43. The van der Waals surface area contributed by atoms with Gasteiger partial charge in [-0.15, -0.1) is 0 Å². The maximum absolute atomic E-state index is 12.1. The van der Waals surface area contributed by atoms with E-state index >= 15 is 0 Å². The molecule has 9 heteroatoms. The molecule has 1 saturated carbocycles. The molecular weight excluding hydrogens is 362 g/mol. The van der Waals surface area contributed by atoms with Crippen LogP contribution in [0.4, 0.5) is 4.79 Å². The summed E-state index contributed by atoms with van der Waals surface area (Å²) in [5.41, 5.74) is -0.436. The van der Waals surface area contributed by atoms with Gasteiger partial charge in [0.05, 0.1) is 23.8 Å². The lowest BCUT2D eigenvalue weighted by Crippen LogP contribution is -2.55. The molecule has 0 aliphatic heterocycles. The summed E-state index contributed by atoms with van der Waals surface area (Å²) in [4.78, 5) is 23.8. The Kier molecular flexibility index (Phi) is 6.25. The van der Waals surface area contributed by atoms with Crippen LogP contribution in [0, 0.1) is 5.41 Å².